The molecular weight excluding hydrogens is 286 g/mol. The van der Waals surface area contributed by atoms with Crippen LogP contribution in [0.1, 0.15) is 32.7 Å². The van der Waals surface area contributed by atoms with Crippen LogP contribution >= 0.6 is 0 Å². The van der Waals surface area contributed by atoms with Crippen LogP contribution in [0, 0.1) is 0 Å². The Hall–Kier alpha value is -2.54. The van der Waals surface area contributed by atoms with E-state index in [-0.39, 0.29) is 5.82 Å². The molecule has 0 fully saturated rings. The lowest BCUT2D eigenvalue weighted by atomic mass is 10.2. The van der Waals surface area contributed by atoms with Gasteiger partial charge in [0.15, 0.2) is 5.82 Å². The molecule has 22 heavy (non-hydrogen) atoms. The zero-order valence-corrected chi connectivity index (χ0v) is 12.9. The number of hydrogen-bond donors (Lipinski definition) is 0. The fourth-order valence-electron chi connectivity index (χ4n) is 2.21. The number of carbonyl (C=O) groups excluding carboxylic acids is 2. The van der Waals surface area contributed by atoms with Gasteiger partial charge >= 0.3 is 0 Å². The molecule has 0 radical (unpaired) electrons. The van der Waals surface area contributed by atoms with Crippen LogP contribution < -0.4 is 10.6 Å². The molecule has 2 amide bonds. The number of fused-ring (bicyclic) bond motifs is 1. The minimum Gasteiger partial charge on any atom is -0.374 e. The van der Waals surface area contributed by atoms with Crippen LogP contribution in [-0.4, -0.2) is 28.6 Å². The quantitative estimate of drug-likeness (QED) is 0.849. The molecule has 0 aliphatic rings. The highest BCUT2D eigenvalue weighted by Crippen LogP contribution is 2.16. The van der Waals surface area contributed by atoms with Crippen molar-refractivity contribution in [3.8, 4) is 0 Å². The van der Waals surface area contributed by atoms with Gasteiger partial charge in [-0.1, -0.05) is 12.1 Å². The second kappa shape index (κ2) is 6.07. The first-order valence-electron chi connectivity index (χ1n) is 6.74. The molecule has 1 aromatic carbocycles. The number of imide groups is 1. The highest BCUT2D eigenvalue weighted by molar-refractivity contribution is 6.06. The first-order valence-corrected chi connectivity index (χ1v) is 6.74. The molecule has 2 aromatic rings. The predicted molar refractivity (Wildman–Crippen MR) is 81.0 cm³/mol. The van der Waals surface area contributed by atoms with E-state index in [4.69, 9.17) is 4.74 Å². The van der Waals surface area contributed by atoms with Crippen LogP contribution in [0.25, 0.3) is 10.9 Å². The van der Waals surface area contributed by atoms with E-state index in [1.165, 1.54) is 21.0 Å². The van der Waals surface area contributed by atoms with Gasteiger partial charge in [0.05, 0.1) is 10.9 Å². The molecule has 0 aliphatic heterocycles. The molecule has 0 N–H and O–H groups in total. The Labute approximate surface area is 127 Å². The van der Waals surface area contributed by atoms with E-state index in [0.717, 1.165) is 9.69 Å². The van der Waals surface area contributed by atoms with Crippen molar-refractivity contribution in [1.82, 2.24) is 9.66 Å². The molecule has 0 saturated carbocycles. The number of para-hydroxylation sites is 1. The molecule has 1 unspecified atom stereocenters. The second-order valence-corrected chi connectivity index (χ2v) is 4.83. The molecule has 116 valence electrons. The Balaban J connectivity index is 2.90. The maximum Gasteiger partial charge on any atom is 0.281 e. The number of benzene rings is 1. The standard InChI is InChI=1S/C15H17N3O4/c1-9(22-4)14-16-13-8-6-5-7-12(13)15(21)18(14)17(10(2)19)11(3)20/h5-9H,1-4H3. The van der Waals surface area contributed by atoms with E-state index >= 15 is 0 Å². The van der Waals surface area contributed by atoms with E-state index in [0.29, 0.717) is 10.9 Å². The van der Waals surface area contributed by atoms with Gasteiger partial charge < -0.3 is 4.74 Å². The number of aromatic nitrogens is 2. The largest absolute Gasteiger partial charge is 0.374 e. The van der Waals surface area contributed by atoms with Crippen LogP contribution in [0.2, 0.25) is 0 Å². The monoisotopic (exact) mass is 303 g/mol. The van der Waals surface area contributed by atoms with Crippen molar-refractivity contribution in [3.63, 3.8) is 0 Å². The summed E-state index contributed by atoms with van der Waals surface area (Å²) in [6.07, 6.45) is -0.571. The topological polar surface area (TPSA) is 81.5 Å². The van der Waals surface area contributed by atoms with Crippen molar-refractivity contribution >= 4 is 22.7 Å². The number of amides is 2. The number of methoxy groups -OCH3 is 1. The normalized spacial score (nSPS) is 12.2. The lowest BCUT2D eigenvalue weighted by Gasteiger charge is -2.24. The third-order valence-electron chi connectivity index (χ3n) is 3.29. The third kappa shape index (κ3) is 2.62. The maximum atomic E-state index is 12.7. The Bertz CT molecular complexity index is 783. The van der Waals surface area contributed by atoms with Gasteiger partial charge in [-0.15, -0.1) is 0 Å². The maximum absolute atomic E-state index is 12.7. The molecule has 7 nitrogen and oxygen atoms in total. The second-order valence-electron chi connectivity index (χ2n) is 4.83. The van der Waals surface area contributed by atoms with Gasteiger partial charge in [0, 0.05) is 21.0 Å². The van der Waals surface area contributed by atoms with Gasteiger partial charge in [-0.2, -0.15) is 9.69 Å². The molecule has 1 heterocycles. The molecule has 7 heteroatoms. The average molecular weight is 303 g/mol. The Morgan fingerprint density at radius 2 is 1.82 bits per heavy atom. The van der Waals surface area contributed by atoms with Gasteiger partial charge in [-0.05, 0) is 19.1 Å². The van der Waals surface area contributed by atoms with E-state index < -0.39 is 23.5 Å². The number of rotatable bonds is 3. The van der Waals surface area contributed by atoms with Crippen LogP contribution in [0.15, 0.2) is 29.1 Å². The lowest BCUT2D eigenvalue weighted by Crippen LogP contribution is -2.50. The number of ether oxygens (including phenoxy) is 1. The Kier molecular flexibility index (Phi) is 4.37. The SMILES string of the molecule is COC(C)c1nc2ccccc2c(=O)n1N(C(C)=O)C(C)=O. The summed E-state index contributed by atoms with van der Waals surface area (Å²) in [6, 6.07) is 6.74. The lowest BCUT2D eigenvalue weighted by molar-refractivity contribution is -0.126. The summed E-state index contributed by atoms with van der Waals surface area (Å²) in [5.74, 6) is -0.955. The first-order chi connectivity index (χ1) is 10.4. The van der Waals surface area contributed by atoms with Gasteiger partial charge in [0.25, 0.3) is 5.56 Å². The van der Waals surface area contributed by atoms with Gasteiger partial charge in [-0.25, -0.2) is 4.98 Å². The Morgan fingerprint density at radius 1 is 1.23 bits per heavy atom. The van der Waals surface area contributed by atoms with E-state index in [2.05, 4.69) is 4.98 Å². The van der Waals surface area contributed by atoms with Crippen LogP contribution in [0.5, 0.6) is 0 Å². The van der Waals surface area contributed by atoms with Gasteiger partial charge in [-0.3, -0.25) is 14.4 Å². The van der Waals surface area contributed by atoms with Crippen molar-refractivity contribution in [2.45, 2.75) is 26.9 Å². The summed E-state index contributed by atoms with van der Waals surface area (Å²) >= 11 is 0. The molecule has 0 bridgehead atoms. The zero-order chi connectivity index (χ0) is 16.4. The fourth-order valence-corrected chi connectivity index (χ4v) is 2.21. The van der Waals surface area contributed by atoms with Crippen molar-refractivity contribution in [2.24, 2.45) is 0 Å². The number of hydrogen-bond acceptors (Lipinski definition) is 5. The van der Waals surface area contributed by atoms with Crippen LogP contribution in [-0.2, 0) is 14.3 Å². The molecule has 1 aromatic heterocycles. The van der Waals surface area contributed by atoms with E-state index in [9.17, 15) is 14.4 Å². The van der Waals surface area contributed by atoms with Gasteiger partial charge in [0.2, 0.25) is 11.8 Å². The first kappa shape index (κ1) is 15.8. The number of carbonyl (C=O) groups is 2. The molecule has 2 rings (SSSR count). The summed E-state index contributed by atoms with van der Waals surface area (Å²) in [4.78, 5) is 40.8. The third-order valence-corrected chi connectivity index (χ3v) is 3.29. The van der Waals surface area contributed by atoms with Crippen molar-refractivity contribution in [1.29, 1.82) is 0 Å². The fraction of sp³-hybridized carbons (Fsp3) is 0.333. The summed E-state index contributed by atoms with van der Waals surface area (Å²) < 4.78 is 6.21. The summed E-state index contributed by atoms with van der Waals surface area (Å²) in [7, 11) is 1.46. The average Bonchev–Trinajstić information content (AvgIpc) is 2.48. The molecule has 1 atom stereocenters. The van der Waals surface area contributed by atoms with Crippen molar-refractivity contribution < 1.29 is 14.3 Å². The van der Waals surface area contributed by atoms with E-state index in [1.54, 1.807) is 31.2 Å². The molecule has 0 aliphatic carbocycles. The summed E-state index contributed by atoms with van der Waals surface area (Å²) in [6.45, 7) is 4.11. The van der Waals surface area contributed by atoms with E-state index in [1.807, 2.05) is 0 Å². The van der Waals surface area contributed by atoms with Gasteiger partial charge in [0.1, 0.15) is 6.10 Å². The molecule has 0 spiro atoms. The summed E-state index contributed by atoms with van der Waals surface area (Å²) in [5, 5.41) is 1.09. The minimum absolute atomic E-state index is 0.191. The molecule has 0 saturated heterocycles. The highest BCUT2D eigenvalue weighted by atomic mass is 16.5. The molecular formula is C15H17N3O4. The number of nitrogens with zero attached hydrogens (tertiary/aromatic N) is 3. The Morgan fingerprint density at radius 3 is 2.36 bits per heavy atom. The minimum atomic E-state index is -0.573. The van der Waals surface area contributed by atoms with Crippen LogP contribution in [0.4, 0.5) is 0 Å². The van der Waals surface area contributed by atoms with Crippen molar-refractivity contribution in [3.05, 3.63) is 40.4 Å². The predicted octanol–water partition coefficient (Wildman–Crippen LogP) is 1.13. The zero-order valence-electron chi connectivity index (χ0n) is 12.9. The highest BCUT2D eigenvalue weighted by Gasteiger charge is 2.25. The van der Waals surface area contributed by atoms with Crippen LogP contribution in [0.3, 0.4) is 0 Å². The van der Waals surface area contributed by atoms with Crippen molar-refractivity contribution in [2.75, 3.05) is 12.1 Å². The smallest absolute Gasteiger partial charge is 0.281 e. The summed E-state index contributed by atoms with van der Waals surface area (Å²) in [5.41, 5.74) is -0.00963.